The molecule has 0 radical (unpaired) electrons. The van der Waals surface area contributed by atoms with Crippen LogP contribution in [0.1, 0.15) is 32.3 Å². The lowest BCUT2D eigenvalue weighted by Crippen LogP contribution is -2.42. The summed E-state index contributed by atoms with van der Waals surface area (Å²) >= 11 is 6.00. The third kappa shape index (κ3) is 9.49. The van der Waals surface area contributed by atoms with E-state index in [1.807, 2.05) is 24.3 Å². The molecule has 2 aromatic carbocycles. The molecule has 0 bridgehead atoms. The van der Waals surface area contributed by atoms with Crippen molar-refractivity contribution in [1.82, 2.24) is 15.2 Å². The Balaban J connectivity index is 0.00000533. The number of rotatable bonds is 12. The molecule has 0 fully saturated rings. The van der Waals surface area contributed by atoms with Crippen LogP contribution in [0.15, 0.2) is 54.7 Å². The summed E-state index contributed by atoms with van der Waals surface area (Å²) in [6.07, 6.45) is 1.40. The summed E-state index contributed by atoms with van der Waals surface area (Å²) in [5, 5.41) is 15.8. The summed E-state index contributed by atoms with van der Waals surface area (Å²) in [6, 6.07) is 13.1. The van der Waals surface area contributed by atoms with Gasteiger partial charge < -0.3 is 20.1 Å². The van der Waals surface area contributed by atoms with E-state index >= 15 is 0 Å². The standard InChI is InChI=1S/C27H30ClFN4O5.CH4/c1-33(25(36)12-9-18-7-4-8-22(29)26(18)28)21(10-11-24(35)30-13-14-34)17-38-27(37)32-23-15-19-5-2-3-6-20(19)16-31-23;/h2-8,15-16,21,34H,9-14,17H2,1H3,(H,30,35)(H,31,32,37);1H4/t21-;/m0./s1. The minimum Gasteiger partial charge on any atom is -0.447 e. The minimum absolute atomic E-state index is 0. The Morgan fingerprint density at radius 3 is 2.62 bits per heavy atom. The fraction of sp³-hybridized carbons (Fsp3) is 0.357. The number of aryl methyl sites for hydroxylation is 1. The molecule has 0 aliphatic rings. The summed E-state index contributed by atoms with van der Waals surface area (Å²) in [4.78, 5) is 43.1. The first-order chi connectivity index (χ1) is 18.3. The van der Waals surface area contributed by atoms with Gasteiger partial charge in [0.2, 0.25) is 11.8 Å². The highest BCUT2D eigenvalue weighted by Gasteiger charge is 2.23. The maximum absolute atomic E-state index is 13.7. The number of benzene rings is 2. The number of nitrogens with zero attached hydrogens (tertiary/aromatic N) is 2. The Morgan fingerprint density at radius 2 is 1.87 bits per heavy atom. The molecule has 0 saturated heterocycles. The van der Waals surface area contributed by atoms with E-state index in [9.17, 15) is 18.8 Å². The van der Waals surface area contributed by atoms with E-state index in [0.29, 0.717) is 11.4 Å². The Labute approximate surface area is 232 Å². The van der Waals surface area contributed by atoms with E-state index in [1.165, 1.54) is 17.0 Å². The molecule has 0 saturated carbocycles. The van der Waals surface area contributed by atoms with E-state index in [-0.39, 0.29) is 69.7 Å². The van der Waals surface area contributed by atoms with Gasteiger partial charge in [-0.3, -0.25) is 14.9 Å². The second-order valence-corrected chi connectivity index (χ2v) is 9.00. The van der Waals surface area contributed by atoms with Gasteiger partial charge in [0.05, 0.1) is 17.7 Å². The van der Waals surface area contributed by atoms with E-state index in [0.717, 1.165) is 10.8 Å². The lowest BCUT2D eigenvalue weighted by Gasteiger charge is -2.28. The van der Waals surface area contributed by atoms with Gasteiger partial charge >= 0.3 is 6.09 Å². The van der Waals surface area contributed by atoms with Crippen molar-refractivity contribution in [3.8, 4) is 0 Å². The first-order valence-corrected chi connectivity index (χ1v) is 12.5. The third-order valence-corrected chi connectivity index (χ3v) is 6.41. The molecule has 210 valence electrons. The number of aliphatic hydroxyl groups excluding tert-OH is 1. The zero-order valence-electron chi connectivity index (χ0n) is 21.0. The van der Waals surface area contributed by atoms with Gasteiger partial charge in [-0.05, 0) is 35.9 Å². The molecule has 9 nitrogen and oxygen atoms in total. The Hall–Kier alpha value is -3.76. The molecule has 0 unspecified atom stereocenters. The maximum Gasteiger partial charge on any atom is 0.412 e. The molecule has 3 aromatic rings. The van der Waals surface area contributed by atoms with Crippen LogP contribution in [0.4, 0.5) is 15.0 Å². The predicted octanol–water partition coefficient (Wildman–Crippen LogP) is 4.56. The van der Waals surface area contributed by atoms with Gasteiger partial charge in [-0.15, -0.1) is 0 Å². The van der Waals surface area contributed by atoms with Gasteiger partial charge in [0, 0.05) is 38.0 Å². The molecule has 1 aromatic heterocycles. The molecule has 0 aliphatic carbocycles. The summed E-state index contributed by atoms with van der Waals surface area (Å²) in [7, 11) is 1.55. The number of carbonyl (C=O) groups excluding carboxylic acids is 3. The van der Waals surface area contributed by atoms with Crippen LogP contribution in [0.25, 0.3) is 10.8 Å². The number of likely N-dealkylation sites (N-methyl/N-ethyl adjacent to an activating group) is 1. The first-order valence-electron chi connectivity index (χ1n) is 12.1. The normalized spacial score (nSPS) is 11.3. The summed E-state index contributed by atoms with van der Waals surface area (Å²) in [6.45, 7) is -0.248. The number of ether oxygens (including phenoxy) is 1. The SMILES string of the molecule is C.CN(C(=O)CCc1cccc(F)c1Cl)[C@@H](CCC(=O)NCCO)COC(=O)Nc1cc2ccccc2cn1. The highest BCUT2D eigenvalue weighted by molar-refractivity contribution is 6.31. The zero-order valence-corrected chi connectivity index (χ0v) is 21.7. The van der Waals surface area contributed by atoms with Crippen LogP contribution in [0.5, 0.6) is 0 Å². The number of amides is 3. The number of pyridine rings is 1. The highest BCUT2D eigenvalue weighted by atomic mass is 35.5. The van der Waals surface area contributed by atoms with Crippen molar-refractivity contribution in [1.29, 1.82) is 0 Å². The number of aromatic nitrogens is 1. The fourth-order valence-electron chi connectivity index (χ4n) is 3.80. The molecule has 0 spiro atoms. The number of anilines is 1. The molecule has 3 amide bonds. The van der Waals surface area contributed by atoms with Gasteiger partial charge in [-0.1, -0.05) is 55.4 Å². The van der Waals surface area contributed by atoms with Crippen LogP contribution >= 0.6 is 11.6 Å². The van der Waals surface area contributed by atoms with Crippen molar-refractivity contribution in [2.75, 3.05) is 32.1 Å². The topological polar surface area (TPSA) is 121 Å². The smallest absolute Gasteiger partial charge is 0.412 e. The average molecular weight is 561 g/mol. The number of halogens is 2. The van der Waals surface area contributed by atoms with Gasteiger partial charge in [0.1, 0.15) is 18.2 Å². The fourth-order valence-corrected chi connectivity index (χ4v) is 4.02. The largest absolute Gasteiger partial charge is 0.447 e. The summed E-state index contributed by atoms with van der Waals surface area (Å²) in [5.74, 6) is -0.838. The van der Waals surface area contributed by atoms with Crippen LogP contribution in [-0.2, 0) is 20.7 Å². The number of carbonyl (C=O) groups is 3. The van der Waals surface area contributed by atoms with Gasteiger partial charge in [-0.25, -0.2) is 14.2 Å². The third-order valence-electron chi connectivity index (χ3n) is 5.99. The lowest BCUT2D eigenvalue weighted by atomic mass is 10.1. The van der Waals surface area contributed by atoms with Crippen molar-refractivity contribution in [2.45, 2.75) is 39.2 Å². The molecular weight excluding hydrogens is 527 g/mol. The quantitative estimate of drug-likeness (QED) is 0.299. The van der Waals surface area contributed by atoms with E-state index < -0.39 is 18.0 Å². The zero-order chi connectivity index (χ0) is 27.5. The molecule has 11 heteroatoms. The molecule has 3 N–H and O–H groups in total. The first kappa shape index (κ1) is 31.5. The number of nitrogens with one attached hydrogen (secondary N) is 2. The van der Waals surface area contributed by atoms with E-state index in [4.69, 9.17) is 21.4 Å². The summed E-state index contributed by atoms with van der Waals surface area (Å²) in [5.41, 5.74) is 0.506. The van der Waals surface area contributed by atoms with Crippen molar-refractivity contribution in [2.24, 2.45) is 0 Å². The van der Waals surface area contributed by atoms with E-state index in [2.05, 4.69) is 15.6 Å². The number of hydrogen-bond acceptors (Lipinski definition) is 6. The molecule has 1 heterocycles. The Bertz CT molecular complexity index is 1280. The second-order valence-electron chi connectivity index (χ2n) is 8.62. The lowest BCUT2D eigenvalue weighted by molar-refractivity contribution is -0.133. The maximum atomic E-state index is 13.7. The van der Waals surface area contributed by atoms with Gasteiger partial charge in [0.15, 0.2) is 0 Å². The molecule has 3 rings (SSSR count). The predicted molar refractivity (Wildman–Crippen MR) is 149 cm³/mol. The minimum atomic E-state index is -0.755. The summed E-state index contributed by atoms with van der Waals surface area (Å²) < 4.78 is 19.1. The molecule has 1 atom stereocenters. The Morgan fingerprint density at radius 1 is 1.13 bits per heavy atom. The van der Waals surface area contributed by atoms with Crippen molar-refractivity contribution >= 4 is 46.1 Å². The monoisotopic (exact) mass is 560 g/mol. The van der Waals surface area contributed by atoms with Crippen molar-refractivity contribution < 1.29 is 28.6 Å². The van der Waals surface area contributed by atoms with Crippen LogP contribution < -0.4 is 10.6 Å². The molecule has 39 heavy (non-hydrogen) atoms. The van der Waals surface area contributed by atoms with Crippen LogP contribution in [0, 0.1) is 5.82 Å². The molecular formula is C28H34ClFN4O5. The van der Waals surface area contributed by atoms with Crippen molar-refractivity contribution in [3.63, 3.8) is 0 Å². The average Bonchev–Trinajstić information content (AvgIpc) is 2.92. The van der Waals surface area contributed by atoms with Gasteiger partial charge in [-0.2, -0.15) is 0 Å². The second kappa shape index (κ2) is 15.6. The highest BCUT2D eigenvalue weighted by Crippen LogP contribution is 2.22. The molecule has 0 aliphatic heterocycles. The van der Waals surface area contributed by atoms with E-state index in [1.54, 1.807) is 25.4 Å². The van der Waals surface area contributed by atoms with Crippen LogP contribution in [0.3, 0.4) is 0 Å². The van der Waals surface area contributed by atoms with Crippen LogP contribution in [0.2, 0.25) is 5.02 Å². The Kier molecular flexibility index (Phi) is 12.6. The van der Waals surface area contributed by atoms with Gasteiger partial charge in [0.25, 0.3) is 0 Å². The number of aliphatic hydroxyl groups is 1. The number of hydrogen-bond donors (Lipinski definition) is 3. The number of fused-ring (bicyclic) bond motifs is 1. The van der Waals surface area contributed by atoms with Crippen LogP contribution in [-0.4, -0.2) is 65.7 Å². The van der Waals surface area contributed by atoms with Crippen molar-refractivity contribution in [3.05, 3.63) is 71.1 Å².